The summed E-state index contributed by atoms with van der Waals surface area (Å²) < 4.78 is 39.6. The van der Waals surface area contributed by atoms with Crippen LogP contribution < -0.4 is 20.3 Å². The van der Waals surface area contributed by atoms with Gasteiger partial charge >= 0.3 is 0 Å². The zero-order valence-corrected chi connectivity index (χ0v) is 20.7. The van der Waals surface area contributed by atoms with Gasteiger partial charge in [-0.1, -0.05) is 29.3 Å². The molecule has 2 aromatic carbocycles. The van der Waals surface area contributed by atoms with Crippen LogP contribution in [0.3, 0.4) is 0 Å². The van der Waals surface area contributed by atoms with E-state index in [1.165, 1.54) is 12.3 Å². The van der Waals surface area contributed by atoms with E-state index < -0.39 is 10.0 Å². The summed E-state index contributed by atoms with van der Waals surface area (Å²) in [5.41, 5.74) is 8.91. The first-order valence-electron chi connectivity index (χ1n) is 10.6. The molecule has 3 rings (SSSR count). The van der Waals surface area contributed by atoms with Crippen molar-refractivity contribution in [1.29, 1.82) is 0 Å². The Labute approximate surface area is 209 Å². The van der Waals surface area contributed by atoms with Gasteiger partial charge in [0.05, 0.1) is 24.7 Å². The van der Waals surface area contributed by atoms with Crippen molar-refractivity contribution in [2.75, 3.05) is 37.3 Å². The fourth-order valence-electron chi connectivity index (χ4n) is 3.07. The highest BCUT2D eigenvalue weighted by molar-refractivity contribution is 7.92. The monoisotopic (exact) mass is 524 g/mol. The first-order valence-corrected chi connectivity index (χ1v) is 12.8. The van der Waals surface area contributed by atoms with Crippen LogP contribution in [0.4, 0.5) is 5.82 Å². The number of halogens is 2. The molecule has 0 unspecified atom stereocenters. The molecule has 11 heteroatoms. The van der Waals surface area contributed by atoms with Crippen LogP contribution in [0.2, 0.25) is 10.0 Å². The zero-order valence-electron chi connectivity index (χ0n) is 18.4. The number of nitrogens with one attached hydrogen (secondary N) is 1. The molecule has 0 aliphatic rings. The van der Waals surface area contributed by atoms with Gasteiger partial charge in [0.2, 0.25) is 0 Å². The van der Waals surface area contributed by atoms with Gasteiger partial charge < -0.3 is 15.2 Å². The Morgan fingerprint density at radius 3 is 2.44 bits per heavy atom. The van der Waals surface area contributed by atoms with Gasteiger partial charge in [0.15, 0.2) is 5.82 Å². The number of benzene rings is 2. The van der Waals surface area contributed by atoms with Crippen molar-refractivity contribution < 1.29 is 17.9 Å². The van der Waals surface area contributed by atoms with E-state index in [9.17, 15) is 8.42 Å². The molecule has 0 aliphatic heterocycles. The molecule has 0 atom stereocenters. The standard InChI is InChI=1S/C23H26Cl2N4O4S/c24-19-4-7-21(8-5-19)33-16-13-28-29(23-3-1-2-12-27-23)34(30,31)22-9-6-20(25)17-18(22)10-14-32-15-11-26/h1-9,12,17,28H,10-11,13-16,26H2. The van der Waals surface area contributed by atoms with Gasteiger partial charge in [-0.2, -0.15) is 12.8 Å². The summed E-state index contributed by atoms with van der Waals surface area (Å²) in [7, 11) is -4.05. The summed E-state index contributed by atoms with van der Waals surface area (Å²) >= 11 is 12.0. The molecule has 0 amide bonds. The van der Waals surface area contributed by atoms with Gasteiger partial charge in [-0.15, -0.1) is 0 Å². The van der Waals surface area contributed by atoms with E-state index in [0.29, 0.717) is 47.5 Å². The zero-order chi connectivity index (χ0) is 24.4. The number of hydrogen-bond acceptors (Lipinski definition) is 7. The van der Waals surface area contributed by atoms with Crippen molar-refractivity contribution in [1.82, 2.24) is 10.4 Å². The fraction of sp³-hybridized carbons (Fsp3) is 0.261. The number of hydrazine groups is 1. The lowest BCUT2D eigenvalue weighted by Crippen LogP contribution is -2.45. The number of anilines is 1. The molecule has 0 fully saturated rings. The molecule has 0 aliphatic carbocycles. The van der Waals surface area contributed by atoms with Crippen LogP contribution in [-0.4, -0.2) is 46.3 Å². The highest BCUT2D eigenvalue weighted by Gasteiger charge is 2.28. The van der Waals surface area contributed by atoms with Crippen molar-refractivity contribution in [3.05, 3.63) is 82.5 Å². The van der Waals surface area contributed by atoms with Crippen molar-refractivity contribution >= 4 is 39.0 Å². The minimum absolute atomic E-state index is 0.102. The molecule has 1 heterocycles. The van der Waals surface area contributed by atoms with Gasteiger partial charge in [0.1, 0.15) is 12.4 Å². The lowest BCUT2D eigenvalue weighted by atomic mass is 10.1. The first kappa shape index (κ1) is 26.2. The maximum absolute atomic E-state index is 13.7. The van der Waals surface area contributed by atoms with E-state index in [2.05, 4.69) is 10.4 Å². The lowest BCUT2D eigenvalue weighted by Gasteiger charge is -2.25. The van der Waals surface area contributed by atoms with Crippen LogP contribution in [-0.2, 0) is 21.2 Å². The maximum atomic E-state index is 13.7. The first-order chi connectivity index (χ1) is 16.4. The number of nitrogens with two attached hydrogens (primary N) is 1. The van der Waals surface area contributed by atoms with Gasteiger partial charge in [0, 0.05) is 22.8 Å². The Morgan fingerprint density at radius 2 is 1.74 bits per heavy atom. The van der Waals surface area contributed by atoms with Crippen LogP contribution >= 0.6 is 23.2 Å². The van der Waals surface area contributed by atoms with E-state index in [1.807, 2.05) is 0 Å². The van der Waals surface area contributed by atoms with Crippen LogP contribution in [0.1, 0.15) is 5.56 Å². The Balaban J connectivity index is 1.80. The molecule has 34 heavy (non-hydrogen) atoms. The van der Waals surface area contributed by atoms with Crippen molar-refractivity contribution in [3.8, 4) is 5.75 Å². The van der Waals surface area contributed by atoms with Crippen LogP contribution in [0.15, 0.2) is 71.8 Å². The normalized spacial score (nSPS) is 11.4. The maximum Gasteiger partial charge on any atom is 0.279 e. The summed E-state index contributed by atoms with van der Waals surface area (Å²) in [5.74, 6) is 0.838. The second kappa shape index (κ2) is 12.9. The van der Waals surface area contributed by atoms with Crippen LogP contribution in [0, 0.1) is 0 Å². The summed E-state index contributed by atoms with van der Waals surface area (Å²) in [6.07, 6.45) is 1.87. The minimum Gasteiger partial charge on any atom is -0.492 e. The predicted octanol–water partition coefficient (Wildman–Crippen LogP) is 3.69. The smallest absolute Gasteiger partial charge is 0.279 e. The molecule has 182 valence electrons. The van der Waals surface area contributed by atoms with Crippen LogP contribution in [0.25, 0.3) is 0 Å². The third kappa shape index (κ3) is 7.30. The summed E-state index contributed by atoms with van der Waals surface area (Å²) in [4.78, 5) is 4.32. The quantitative estimate of drug-likeness (QED) is 0.259. The van der Waals surface area contributed by atoms with Crippen molar-refractivity contribution in [3.63, 3.8) is 0 Å². The minimum atomic E-state index is -4.05. The summed E-state index contributed by atoms with van der Waals surface area (Å²) in [6, 6.07) is 16.6. The highest BCUT2D eigenvalue weighted by Crippen LogP contribution is 2.26. The number of ether oxygens (including phenoxy) is 2. The third-order valence-corrected chi connectivity index (χ3v) is 6.85. The molecule has 0 bridgehead atoms. The number of rotatable bonds is 13. The molecule has 0 saturated carbocycles. The molecule has 1 aromatic heterocycles. The lowest BCUT2D eigenvalue weighted by molar-refractivity contribution is 0.144. The SMILES string of the molecule is NCCOCCc1cc(Cl)ccc1S(=O)(=O)N(NCCOc1ccc(Cl)cc1)c1ccccn1. The Kier molecular flexibility index (Phi) is 9.94. The number of aromatic nitrogens is 1. The number of hydrogen-bond donors (Lipinski definition) is 2. The molecule has 8 nitrogen and oxygen atoms in total. The molecule has 3 N–H and O–H groups in total. The van der Waals surface area contributed by atoms with Gasteiger partial charge in [-0.3, -0.25) is 0 Å². The molecular weight excluding hydrogens is 499 g/mol. The topological polar surface area (TPSA) is 107 Å². The largest absolute Gasteiger partial charge is 0.492 e. The van der Waals surface area contributed by atoms with Gasteiger partial charge in [-0.05, 0) is 66.6 Å². The Bertz CT molecular complexity index is 1150. The highest BCUT2D eigenvalue weighted by atomic mass is 35.5. The molecule has 3 aromatic rings. The van der Waals surface area contributed by atoms with Crippen molar-refractivity contribution in [2.24, 2.45) is 5.73 Å². The second-order valence-corrected chi connectivity index (χ2v) is 9.70. The van der Waals surface area contributed by atoms with Gasteiger partial charge in [0.25, 0.3) is 10.0 Å². The number of nitrogens with zero attached hydrogens (tertiary/aromatic N) is 2. The average molecular weight is 525 g/mol. The van der Waals surface area contributed by atoms with E-state index in [1.54, 1.807) is 54.6 Å². The fourth-order valence-corrected chi connectivity index (χ4v) is 4.94. The molecule has 0 spiro atoms. The molecule has 0 radical (unpaired) electrons. The Morgan fingerprint density at radius 1 is 0.971 bits per heavy atom. The second-order valence-electron chi connectivity index (χ2n) is 7.07. The number of pyridine rings is 1. The number of sulfonamides is 1. The van der Waals surface area contributed by atoms with E-state index in [-0.39, 0.29) is 23.9 Å². The van der Waals surface area contributed by atoms with Crippen molar-refractivity contribution in [2.45, 2.75) is 11.3 Å². The Hall–Kier alpha value is -2.40. The van der Waals surface area contributed by atoms with E-state index in [0.717, 1.165) is 4.41 Å². The summed E-state index contributed by atoms with van der Waals surface area (Å²) in [5, 5.41) is 1.03. The molecular formula is C23H26Cl2N4O4S. The van der Waals surface area contributed by atoms with Gasteiger partial charge in [-0.25, -0.2) is 10.4 Å². The van der Waals surface area contributed by atoms with Crippen LogP contribution in [0.5, 0.6) is 5.75 Å². The van der Waals surface area contributed by atoms with E-state index in [4.69, 9.17) is 38.4 Å². The van der Waals surface area contributed by atoms with E-state index >= 15 is 0 Å². The predicted molar refractivity (Wildman–Crippen MR) is 134 cm³/mol. The third-order valence-electron chi connectivity index (χ3n) is 4.62. The average Bonchev–Trinajstić information content (AvgIpc) is 2.83. The summed E-state index contributed by atoms with van der Waals surface area (Å²) in [6.45, 7) is 1.49. The molecule has 0 saturated heterocycles.